The van der Waals surface area contributed by atoms with E-state index in [4.69, 9.17) is 5.73 Å². The number of benzene rings is 1. The molecule has 2 heterocycles. The molecule has 0 spiro atoms. The van der Waals surface area contributed by atoms with E-state index in [1.165, 1.54) is 11.0 Å². The van der Waals surface area contributed by atoms with Crippen molar-refractivity contribution in [3.63, 3.8) is 0 Å². The lowest BCUT2D eigenvalue weighted by Crippen LogP contribution is -2.31. The minimum Gasteiger partial charge on any atom is -0.383 e. The van der Waals surface area contributed by atoms with E-state index in [0.29, 0.717) is 22.6 Å². The molecule has 0 radical (unpaired) electrons. The van der Waals surface area contributed by atoms with Crippen LogP contribution in [0.25, 0.3) is 10.9 Å². The van der Waals surface area contributed by atoms with Crippen LogP contribution in [0.2, 0.25) is 0 Å². The number of fused-ring (bicyclic) bond motifs is 1. The van der Waals surface area contributed by atoms with E-state index in [1.807, 2.05) is 13.0 Å². The molecule has 0 aliphatic rings. The number of hydrogen-bond donors (Lipinski definition) is 1. The molecule has 5 nitrogen and oxygen atoms in total. The Morgan fingerprint density at radius 1 is 1.20 bits per heavy atom. The Labute approximate surface area is 171 Å². The first-order valence-corrected chi connectivity index (χ1v) is 9.07. The number of amides is 1. The van der Waals surface area contributed by atoms with Crippen LogP contribution < -0.4 is 5.73 Å². The average Bonchev–Trinajstić information content (AvgIpc) is 2.71. The third kappa shape index (κ3) is 4.69. The maximum absolute atomic E-state index is 13.1. The molecule has 0 aliphatic heterocycles. The normalized spacial score (nSPS) is 11.1. The molecule has 0 saturated heterocycles. The van der Waals surface area contributed by atoms with E-state index in [1.54, 1.807) is 25.1 Å². The van der Waals surface area contributed by atoms with Crippen molar-refractivity contribution >= 4 is 22.6 Å². The molecule has 2 N–H and O–H groups in total. The minimum atomic E-state index is -4.46. The summed E-state index contributed by atoms with van der Waals surface area (Å²) in [5, 5.41) is 0.765. The number of halogens is 3. The summed E-state index contributed by atoms with van der Waals surface area (Å²) < 4.78 is 38.2. The summed E-state index contributed by atoms with van der Waals surface area (Å²) in [6.45, 7) is 3.63. The fraction of sp³-hybridized carbons (Fsp3) is 0.227. The molecule has 0 atom stereocenters. The van der Waals surface area contributed by atoms with Crippen molar-refractivity contribution in [1.29, 1.82) is 0 Å². The van der Waals surface area contributed by atoms with Crippen LogP contribution in [0.3, 0.4) is 0 Å². The SMILES string of the molecule is CC#CCN(Cc1ccc(C(F)(F)F)cn1)C(=O)c1ccc2nc(N)c(C)cc2c1. The summed E-state index contributed by atoms with van der Waals surface area (Å²) >= 11 is 0. The standard InChI is InChI=1S/C22H19F3N4O/c1-3-4-9-29(13-18-7-6-17(12-27-18)22(23,24)25)21(30)15-5-8-19-16(11-15)10-14(2)20(26)28-19/h5-8,10-12H,9,13H2,1-2H3,(H2,26,28). The first-order valence-electron chi connectivity index (χ1n) is 9.07. The number of hydrogen-bond acceptors (Lipinski definition) is 4. The van der Waals surface area contributed by atoms with E-state index in [2.05, 4.69) is 21.8 Å². The number of alkyl halides is 3. The Hall–Kier alpha value is -3.60. The largest absolute Gasteiger partial charge is 0.417 e. The Balaban J connectivity index is 1.89. The summed E-state index contributed by atoms with van der Waals surface area (Å²) in [6, 6.07) is 9.12. The maximum atomic E-state index is 13.1. The third-order valence-electron chi connectivity index (χ3n) is 4.53. The number of carbonyl (C=O) groups excluding carboxylic acids is 1. The van der Waals surface area contributed by atoms with Gasteiger partial charge in [0.05, 0.1) is 29.9 Å². The quantitative estimate of drug-likeness (QED) is 0.652. The Kier molecular flexibility index (Phi) is 5.92. The fourth-order valence-electron chi connectivity index (χ4n) is 2.87. The molecule has 154 valence electrons. The van der Waals surface area contributed by atoms with Crippen molar-refractivity contribution < 1.29 is 18.0 Å². The van der Waals surface area contributed by atoms with E-state index < -0.39 is 11.7 Å². The number of nitrogen functional groups attached to an aromatic ring is 1. The molecule has 3 aromatic rings. The van der Waals surface area contributed by atoms with Crippen molar-refractivity contribution in [1.82, 2.24) is 14.9 Å². The van der Waals surface area contributed by atoms with Gasteiger partial charge in [-0.3, -0.25) is 9.78 Å². The molecular weight excluding hydrogens is 393 g/mol. The lowest BCUT2D eigenvalue weighted by atomic mass is 10.1. The van der Waals surface area contributed by atoms with E-state index in [9.17, 15) is 18.0 Å². The summed E-state index contributed by atoms with van der Waals surface area (Å²) in [5.41, 5.74) is 7.21. The van der Waals surface area contributed by atoms with Gasteiger partial charge >= 0.3 is 6.18 Å². The molecule has 0 bridgehead atoms. The predicted molar refractivity (Wildman–Crippen MR) is 108 cm³/mol. The summed E-state index contributed by atoms with van der Waals surface area (Å²) in [5.74, 6) is 5.67. The smallest absolute Gasteiger partial charge is 0.383 e. The zero-order valence-corrected chi connectivity index (χ0v) is 16.4. The Bertz CT molecular complexity index is 1150. The lowest BCUT2D eigenvalue weighted by Gasteiger charge is -2.20. The lowest BCUT2D eigenvalue weighted by molar-refractivity contribution is -0.137. The van der Waals surface area contributed by atoms with E-state index >= 15 is 0 Å². The zero-order valence-electron chi connectivity index (χ0n) is 16.4. The van der Waals surface area contributed by atoms with Gasteiger partial charge in [0.2, 0.25) is 0 Å². The number of nitrogens with zero attached hydrogens (tertiary/aromatic N) is 3. The van der Waals surface area contributed by atoms with Crippen LogP contribution in [0.5, 0.6) is 0 Å². The van der Waals surface area contributed by atoms with Crippen LogP contribution in [0.4, 0.5) is 19.0 Å². The van der Waals surface area contributed by atoms with Gasteiger partial charge in [-0.25, -0.2) is 4.98 Å². The fourth-order valence-corrected chi connectivity index (χ4v) is 2.87. The topological polar surface area (TPSA) is 72.1 Å². The van der Waals surface area contributed by atoms with Gasteiger partial charge in [-0.15, -0.1) is 5.92 Å². The highest BCUT2D eigenvalue weighted by atomic mass is 19.4. The first-order chi connectivity index (χ1) is 14.2. The van der Waals surface area contributed by atoms with Crippen LogP contribution in [-0.2, 0) is 12.7 Å². The highest BCUT2D eigenvalue weighted by Crippen LogP contribution is 2.28. The molecule has 0 unspecified atom stereocenters. The van der Waals surface area contributed by atoms with Crippen LogP contribution >= 0.6 is 0 Å². The second kappa shape index (κ2) is 8.41. The molecule has 8 heteroatoms. The molecule has 0 fully saturated rings. The molecule has 0 aliphatic carbocycles. The number of aryl methyl sites for hydroxylation is 1. The zero-order chi connectivity index (χ0) is 21.9. The van der Waals surface area contributed by atoms with Gasteiger partial charge in [0.1, 0.15) is 5.82 Å². The highest BCUT2D eigenvalue weighted by Gasteiger charge is 2.30. The average molecular weight is 412 g/mol. The number of aromatic nitrogens is 2. The summed E-state index contributed by atoms with van der Waals surface area (Å²) in [4.78, 5) is 22.7. The predicted octanol–water partition coefficient (Wildman–Crippen LogP) is 4.20. The molecule has 0 saturated carbocycles. The van der Waals surface area contributed by atoms with Gasteiger partial charge < -0.3 is 10.6 Å². The highest BCUT2D eigenvalue weighted by molar-refractivity contribution is 5.98. The van der Waals surface area contributed by atoms with Gasteiger partial charge in [-0.05, 0) is 55.8 Å². The molecule has 2 aromatic heterocycles. The van der Waals surface area contributed by atoms with Crippen LogP contribution in [-0.4, -0.2) is 27.3 Å². The molecular formula is C22H19F3N4O. The van der Waals surface area contributed by atoms with Crippen molar-refractivity contribution in [3.05, 3.63) is 65.0 Å². The van der Waals surface area contributed by atoms with Crippen LogP contribution in [0.1, 0.15) is 34.1 Å². The van der Waals surface area contributed by atoms with Crippen LogP contribution in [0.15, 0.2) is 42.6 Å². The van der Waals surface area contributed by atoms with Crippen molar-refractivity contribution in [2.24, 2.45) is 0 Å². The summed E-state index contributed by atoms with van der Waals surface area (Å²) in [7, 11) is 0. The number of carbonyl (C=O) groups is 1. The third-order valence-corrected chi connectivity index (χ3v) is 4.53. The van der Waals surface area contributed by atoms with E-state index in [0.717, 1.165) is 23.2 Å². The summed E-state index contributed by atoms with van der Waals surface area (Å²) in [6.07, 6.45) is -3.70. The van der Waals surface area contributed by atoms with Crippen molar-refractivity contribution in [3.8, 4) is 11.8 Å². The molecule has 1 amide bonds. The molecule has 3 rings (SSSR count). The van der Waals surface area contributed by atoms with Gasteiger partial charge in [-0.2, -0.15) is 13.2 Å². The van der Waals surface area contributed by atoms with E-state index in [-0.39, 0.29) is 19.0 Å². The van der Waals surface area contributed by atoms with Crippen LogP contribution in [0, 0.1) is 18.8 Å². The maximum Gasteiger partial charge on any atom is 0.417 e. The Morgan fingerprint density at radius 2 is 1.97 bits per heavy atom. The van der Waals surface area contributed by atoms with Crippen molar-refractivity contribution in [2.45, 2.75) is 26.6 Å². The molecule has 30 heavy (non-hydrogen) atoms. The number of anilines is 1. The first kappa shape index (κ1) is 21.1. The second-order valence-electron chi connectivity index (χ2n) is 6.72. The number of pyridine rings is 2. The van der Waals surface area contributed by atoms with Crippen molar-refractivity contribution in [2.75, 3.05) is 12.3 Å². The van der Waals surface area contributed by atoms with Gasteiger partial charge in [0, 0.05) is 17.1 Å². The second-order valence-corrected chi connectivity index (χ2v) is 6.72. The number of nitrogens with two attached hydrogens (primary N) is 1. The monoisotopic (exact) mass is 412 g/mol. The van der Waals surface area contributed by atoms with Gasteiger partial charge in [0.25, 0.3) is 5.91 Å². The minimum absolute atomic E-state index is 0.0305. The number of rotatable bonds is 4. The van der Waals surface area contributed by atoms with Gasteiger partial charge in [0.15, 0.2) is 0 Å². The van der Waals surface area contributed by atoms with Gasteiger partial charge in [-0.1, -0.05) is 5.92 Å². The molecule has 1 aromatic carbocycles. The Morgan fingerprint density at radius 3 is 2.60 bits per heavy atom.